The molecule has 1 N–H and O–H groups in total. The smallest absolute Gasteiger partial charge is 0.230 e. The van der Waals surface area contributed by atoms with E-state index >= 15 is 0 Å². The topological polar surface area (TPSA) is 42.0 Å². The summed E-state index contributed by atoms with van der Waals surface area (Å²) < 4.78 is 0. The van der Waals surface area contributed by atoms with Crippen LogP contribution in [0.1, 0.15) is 5.56 Å². The molecule has 3 nitrogen and oxygen atoms in total. The second-order valence-electron chi connectivity index (χ2n) is 5.24. The van der Waals surface area contributed by atoms with Crippen molar-refractivity contribution in [2.24, 2.45) is 0 Å². The van der Waals surface area contributed by atoms with E-state index in [0.717, 1.165) is 11.1 Å². The summed E-state index contributed by atoms with van der Waals surface area (Å²) in [5.74, 6) is -0.102. The second kappa shape index (κ2) is 8.23. The van der Waals surface area contributed by atoms with Gasteiger partial charge in [0.1, 0.15) is 0 Å². The average Bonchev–Trinajstić information content (AvgIpc) is 3.05. The van der Waals surface area contributed by atoms with E-state index in [-0.39, 0.29) is 5.91 Å². The average molecular weight is 409 g/mol. The molecule has 3 aromatic rings. The molecule has 0 aliphatic rings. The van der Waals surface area contributed by atoms with E-state index in [1.165, 1.54) is 16.2 Å². The van der Waals surface area contributed by atoms with E-state index in [4.69, 9.17) is 23.2 Å². The van der Waals surface area contributed by atoms with Gasteiger partial charge in [-0.05, 0) is 42.2 Å². The van der Waals surface area contributed by atoms with Gasteiger partial charge < -0.3 is 5.32 Å². The molecule has 0 unspecified atom stereocenters. The van der Waals surface area contributed by atoms with E-state index < -0.39 is 0 Å². The van der Waals surface area contributed by atoms with Crippen LogP contribution in [0.4, 0.5) is 5.13 Å². The predicted octanol–water partition coefficient (Wildman–Crippen LogP) is 6.02. The van der Waals surface area contributed by atoms with Crippen LogP contribution in [0.15, 0.2) is 52.7 Å². The van der Waals surface area contributed by atoms with Crippen molar-refractivity contribution in [2.45, 2.75) is 11.3 Å². The van der Waals surface area contributed by atoms with Gasteiger partial charge in [-0.1, -0.05) is 35.3 Å². The number of thioether (sulfide) groups is 1. The first-order valence-corrected chi connectivity index (χ1v) is 10.2. The summed E-state index contributed by atoms with van der Waals surface area (Å²) >= 11 is 15.2. The van der Waals surface area contributed by atoms with Gasteiger partial charge in [0.15, 0.2) is 5.13 Å². The summed E-state index contributed by atoms with van der Waals surface area (Å²) in [7, 11) is 0. The molecule has 2 aromatic carbocycles. The fourth-order valence-electron chi connectivity index (χ4n) is 2.24. The first-order valence-electron chi connectivity index (χ1n) is 7.39. The Labute approximate surface area is 164 Å². The number of aromatic nitrogens is 1. The van der Waals surface area contributed by atoms with E-state index in [2.05, 4.69) is 10.3 Å². The highest BCUT2D eigenvalue weighted by atomic mass is 35.5. The maximum atomic E-state index is 12.2. The van der Waals surface area contributed by atoms with E-state index in [1.54, 1.807) is 30.0 Å². The molecule has 128 valence electrons. The van der Waals surface area contributed by atoms with E-state index in [1.807, 2.05) is 35.9 Å². The molecule has 0 saturated heterocycles. The lowest BCUT2D eigenvalue weighted by atomic mass is 10.1. The molecule has 0 atom stereocenters. The molecular weight excluding hydrogens is 395 g/mol. The molecule has 0 saturated carbocycles. The number of benzene rings is 2. The second-order valence-corrected chi connectivity index (χ2v) is 7.82. The van der Waals surface area contributed by atoms with Crippen LogP contribution in [0.25, 0.3) is 11.3 Å². The van der Waals surface area contributed by atoms with Gasteiger partial charge in [-0.3, -0.25) is 4.79 Å². The Morgan fingerprint density at radius 2 is 1.96 bits per heavy atom. The van der Waals surface area contributed by atoms with Crippen LogP contribution in [0.3, 0.4) is 0 Å². The molecule has 7 heteroatoms. The summed E-state index contributed by atoms with van der Waals surface area (Å²) in [6.45, 7) is 0. The van der Waals surface area contributed by atoms with Crippen LogP contribution >= 0.6 is 46.3 Å². The Bertz CT molecular complexity index is 894. The zero-order valence-corrected chi connectivity index (χ0v) is 16.4. The molecule has 1 amide bonds. The van der Waals surface area contributed by atoms with Gasteiger partial charge in [-0.15, -0.1) is 23.1 Å². The van der Waals surface area contributed by atoms with Gasteiger partial charge in [0.2, 0.25) is 5.91 Å². The first-order chi connectivity index (χ1) is 12.0. The Kier molecular flexibility index (Phi) is 6.02. The number of anilines is 1. The number of carbonyl (C=O) groups excluding carboxylic acids is 1. The van der Waals surface area contributed by atoms with Gasteiger partial charge in [0, 0.05) is 20.9 Å². The zero-order chi connectivity index (χ0) is 17.8. The quantitative estimate of drug-likeness (QED) is 0.524. The maximum absolute atomic E-state index is 12.2. The number of nitrogens with one attached hydrogen (secondary N) is 1. The van der Waals surface area contributed by atoms with Crippen molar-refractivity contribution in [1.82, 2.24) is 4.98 Å². The van der Waals surface area contributed by atoms with Crippen LogP contribution < -0.4 is 5.32 Å². The van der Waals surface area contributed by atoms with Crippen molar-refractivity contribution in [3.8, 4) is 11.3 Å². The Hall–Kier alpha value is -1.53. The number of carbonyl (C=O) groups is 1. The minimum absolute atomic E-state index is 0.102. The summed E-state index contributed by atoms with van der Waals surface area (Å²) in [6, 6.07) is 13.2. The van der Waals surface area contributed by atoms with Gasteiger partial charge in [0.25, 0.3) is 0 Å². The highest BCUT2D eigenvalue weighted by Gasteiger charge is 2.11. The van der Waals surface area contributed by atoms with Crippen molar-refractivity contribution in [3.63, 3.8) is 0 Å². The molecule has 3 rings (SSSR count). The van der Waals surface area contributed by atoms with Crippen LogP contribution in [0.2, 0.25) is 10.0 Å². The van der Waals surface area contributed by atoms with E-state index in [9.17, 15) is 4.79 Å². The minimum Gasteiger partial charge on any atom is -0.302 e. The number of nitrogens with zero attached hydrogens (tertiary/aromatic N) is 1. The predicted molar refractivity (Wildman–Crippen MR) is 108 cm³/mol. The monoisotopic (exact) mass is 408 g/mol. The molecule has 0 aliphatic carbocycles. The van der Waals surface area contributed by atoms with Crippen molar-refractivity contribution in [2.75, 3.05) is 11.6 Å². The summed E-state index contributed by atoms with van der Waals surface area (Å²) in [4.78, 5) is 17.8. The third-order valence-electron chi connectivity index (χ3n) is 3.48. The van der Waals surface area contributed by atoms with Gasteiger partial charge in [-0.25, -0.2) is 4.98 Å². The number of hydrogen-bond acceptors (Lipinski definition) is 4. The highest BCUT2D eigenvalue weighted by Crippen LogP contribution is 2.32. The molecule has 0 bridgehead atoms. The van der Waals surface area contributed by atoms with Gasteiger partial charge in [-0.2, -0.15) is 0 Å². The number of halogens is 2. The first kappa shape index (κ1) is 18.3. The third-order valence-corrected chi connectivity index (χ3v) is 5.54. The Balaban J connectivity index is 1.68. The van der Waals surface area contributed by atoms with Crippen LogP contribution in [-0.2, 0) is 11.2 Å². The van der Waals surface area contributed by atoms with Crippen LogP contribution in [0.5, 0.6) is 0 Å². The SMILES string of the molecule is CSc1ccc(CC(=O)Nc2nc(-c3cc(Cl)ccc3Cl)cs2)cc1. The highest BCUT2D eigenvalue weighted by molar-refractivity contribution is 7.98. The third kappa shape index (κ3) is 4.76. The lowest BCUT2D eigenvalue weighted by molar-refractivity contribution is -0.115. The number of rotatable bonds is 5. The zero-order valence-electron chi connectivity index (χ0n) is 13.3. The van der Waals surface area contributed by atoms with Crippen molar-refractivity contribution in [1.29, 1.82) is 0 Å². The maximum Gasteiger partial charge on any atom is 0.230 e. The van der Waals surface area contributed by atoms with Crippen molar-refractivity contribution < 1.29 is 4.79 Å². The number of thiazole rings is 1. The molecular formula is C18H14Cl2N2OS2. The fourth-order valence-corrected chi connectivity index (χ4v) is 3.76. The normalized spacial score (nSPS) is 10.7. The summed E-state index contributed by atoms with van der Waals surface area (Å²) in [6.07, 6.45) is 2.33. The molecule has 0 aliphatic heterocycles. The lowest BCUT2D eigenvalue weighted by Gasteiger charge is -2.03. The van der Waals surface area contributed by atoms with Crippen molar-refractivity contribution >= 4 is 57.3 Å². The Morgan fingerprint density at radius 1 is 1.20 bits per heavy atom. The minimum atomic E-state index is -0.102. The van der Waals surface area contributed by atoms with Gasteiger partial charge in [0.05, 0.1) is 17.1 Å². The van der Waals surface area contributed by atoms with Crippen LogP contribution in [-0.4, -0.2) is 17.1 Å². The molecule has 25 heavy (non-hydrogen) atoms. The number of hydrogen-bond donors (Lipinski definition) is 1. The summed E-state index contributed by atoms with van der Waals surface area (Å²) in [5, 5.41) is 6.38. The molecule has 1 heterocycles. The number of amides is 1. The van der Waals surface area contributed by atoms with Crippen LogP contribution in [0, 0.1) is 0 Å². The largest absolute Gasteiger partial charge is 0.302 e. The fraction of sp³-hybridized carbons (Fsp3) is 0.111. The lowest BCUT2D eigenvalue weighted by Crippen LogP contribution is -2.14. The van der Waals surface area contributed by atoms with Gasteiger partial charge >= 0.3 is 0 Å². The van der Waals surface area contributed by atoms with E-state index in [0.29, 0.717) is 27.3 Å². The standard InChI is InChI=1S/C18H14Cl2N2OS2/c1-24-13-5-2-11(3-6-13)8-17(23)22-18-21-16(10-25-18)14-9-12(19)4-7-15(14)20/h2-7,9-10H,8H2,1H3,(H,21,22,23). The molecule has 1 aromatic heterocycles. The van der Waals surface area contributed by atoms with Crippen molar-refractivity contribution in [3.05, 3.63) is 63.5 Å². The summed E-state index contributed by atoms with van der Waals surface area (Å²) in [5.41, 5.74) is 2.40. The molecule has 0 spiro atoms. The Morgan fingerprint density at radius 3 is 2.68 bits per heavy atom. The molecule has 0 radical (unpaired) electrons. The molecule has 0 fully saturated rings.